The Bertz CT molecular complexity index is 761. The number of nitrogen functional groups attached to an aromatic ring is 1. The molecule has 0 saturated carbocycles. The molecule has 0 aliphatic heterocycles. The largest absolute Gasteiger partial charge is 0.496 e. The van der Waals surface area contributed by atoms with Crippen molar-refractivity contribution >= 4 is 23.2 Å². The Kier molecular flexibility index (Phi) is 7.30. The highest BCUT2D eigenvalue weighted by Gasteiger charge is 2.15. The first-order valence-electron chi connectivity index (χ1n) is 8.70. The minimum Gasteiger partial charge on any atom is -0.496 e. The first kappa shape index (κ1) is 20.1. The van der Waals surface area contributed by atoms with Crippen LogP contribution in [0.25, 0.3) is 0 Å². The van der Waals surface area contributed by atoms with Crippen LogP contribution in [0.4, 0.5) is 5.69 Å². The quantitative estimate of drug-likeness (QED) is 0.690. The van der Waals surface area contributed by atoms with Gasteiger partial charge in [0.25, 0.3) is 5.91 Å². The van der Waals surface area contributed by atoms with Crippen LogP contribution in [0.15, 0.2) is 36.4 Å². The van der Waals surface area contributed by atoms with Gasteiger partial charge >= 0.3 is 0 Å². The minimum absolute atomic E-state index is 0.249. The fourth-order valence-electron chi connectivity index (χ4n) is 2.76. The lowest BCUT2D eigenvalue weighted by molar-refractivity contribution is 0.0947. The van der Waals surface area contributed by atoms with E-state index in [-0.39, 0.29) is 5.91 Å². The van der Waals surface area contributed by atoms with Crippen LogP contribution >= 0.6 is 11.6 Å². The second-order valence-electron chi connectivity index (χ2n) is 5.99. The van der Waals surface area contributed by atoms with Crippen LogP contribution in [0, 0.1) is 0 Å². The molecule has 0 radical (unpaired) electrons. The molecule has 0 heterocycles. The molecular formula is C20H26ClN3O2. The Hall–Kier alpha value is -2.24. The third-order valence-corrected chi connectivity index (χ3v) is 4.74. The first-order valence-corrected chi connectivity index (χ1v) is 9.08. The van der Waals surface area contributed by atoms with Crippen molar-refractivity contribution in [1.82, 2.24) is 10.2 Å². The van der Waals surface area contributed by atoms with E-state index in [1.165, 1.54) is 18.7 Å². The van der Waals surface area contributed by atoms with Crippen molar-refractivity contribution in [3.8, 4) is 5.75 Å². The Labute approximate surface area is 160 Å². The average molecular weight is 376 g/mol. The van der Waals surface area contributed by atoms with Crippen LogP contribution in [0.2, 0.25) is 5.02 Å². The molecule has 1 amide bonds. The van der Waals surface area contributed by atoms with Gasteiger partial charge in [-0.15, -0.1) is 0 Å². The molecule has 0 fully saturated rings. The van der Waals surface area contributed by atoms with Gasteiger partial charge in [0.15, 0.2) is 0 Å². The summed E-state index contributed by atoms with van der Waals surface area (Å²) >= 11 is 6.05. The molecule has 0 atom stereocenters. The molecule has 0 aliphatic carbocycles. The summed E-state index contributed by atoms with van der Waals surface area (Å²) in [6.07, 6.45) is 0. The summed E-state index contributed by atoms with van der Waals surface area (Å²) in [5.41, 5.74) is 8.82. The Morgan fingerprint density at radius 3 is 2.46 bits per heavy atom. The molecule has 2 aromatic rings. The maximum atomic E-state index is 12.6. The predicted molar refractivity (Wildman–Crippen MR) is 107 cm³/mol. The van der Waals surface area contributed by atoms with Gasteiger partial charge in [-0.3, -0.25) is 9.69 Å². The number of nitrogens with two attached hydrogens (primary N) is 1. The van der Waals surface area contributed by atoms with Gasteiger partial charge < -0.3 is 15.8 Å². The van der Waals surface area contributed by atoms with E-state index in [0.717, 1.165) is 25.2 Å². The van der Waals surface area contributed by atoms with Gasteiger partial charge in [0.05, 0.1) is 23.4 Å². The van der Waals surface area contributed by atoms with Gasteiger partial charge in [0.1, 0.15) is 5.75 Å². The van der Waals surface area contributed by atoms with E-state index >= 15 is 0 Å². The summed E-state index contributed by atoms with van der Waals surface area (Å²) in [5.74, 6) is 0.155. The van der Waals surface area contributed by atoms with E-state index in [4.69, 9.17) is 22.1 Å². The minimum atomic E-state index is -0.249. The van der Waals surface area contributed by atoms with E-state index in [2.05, 4.69) is 30.1 Å². The van der Waals surface area contributed by atoms with Crippen LogP contribution in [0.3, 0.4) is 0 Å². The molecule has 0 saturated heterocycles. The van der Waals surface area contributed by atoms with Crippen molar-refractivity contribution in [2.24, 2.45) is 0 Å². The zero-order chi connectivity index (χ0) is 19.1. The smallest absolute Gasteiger partial charge is 0.255 e. The number of carbonyl (C=O) groups excluding carboxylic acids is 1. The number of nitrogens with one attached hydrogen (secondary N) is 1. The molecule has 6 heteroatoms. The summed E-state index contributed by atoms with van der Waals surface area (Å²) in [4.78, 5) is 14.9. The number of nitrogens with zero attached hydrogens (tertiary/aromatic N) is 1. The highest BCUT2D eigenvalue weighted by atomic mass is 35.5. The Balaban J connectivity index is 2.14. The van der Waals surface area contributed by atoms with Gasteiger partial charge in [-0.05, 0) is 30.3 Å². The zero-order valence-electron chi connectivity index (χ0n) is 15.5. The second kappa shape index (κ2) is 9.46. The Morgan fingerprint density at radius 2 is 1.85 bits per heavy atom. The normalized spacial score (nSPS) is 10.8. The molecule has 0 aromatic heterocycles. The van der Waals surface area contributed by atoms with Crippen molar-refractivity contribution in [3.05, 3.63) is 58.1 Å². The van der Waals surface area contributed by atoms with Crippen molar-refractivity contribution in [2.45, 2.75) is 26.9 Å². The van der Waals surface area contributed by atoms with E-state index in [1.807, 2.05) is 18.2 Å². The van der Waals surface area contributed by atoms with Crippen molar-refractivity contribution < 1.29 is 9.53 Å². The standard InChI is InChI=1S/C20H26ClN3O2/c1-4-24(5-2)13-15-9-7-6-8-14(15)12-23-20(25)16-10-17(21)18(22)11-19(16)26-3/h6-11H,4-5,12-13,22H2,1-3H3,(H,23,25). The van der Waals surface area contributed by atoms with Crippen molar-refractivity contribution in [3.63, 3.8) is 0 Å². The molecule has 5 nitrogen and oxygen atoms in total. The lowest BCUT2D eigenvalue weighted by Crippen LogP contribution is -2.26. The average Bonchev–Trinajstić information content (AvgIpc) is 2.66. The molecule has 2 rings (SSSR count). The first-order chi connectivity index (χ1) is 12.5. The third-order valence-electron chi connectivity index (χ3n) is 4.41. The van der Waals surface area contributed by atoms with E-state index in [0.29, 0.717) is 28.6 Å². The van der Waals surface area contributed by atoms with E-state index in [1.54, 1.807) is 6.07 Å². The second-order valence-corrected chi connectivity index (χ2v) is 6.39. The molecular weight excluding hydrogens is 350 g/mol. The number of ether oxygens (including phenoxy) is 1. The van der Waals surface area contributed by atoms with Crippen LogP contribution in [-0.4, -0.2) is 31.0 Å². The molecule has 140 valence electrons. The number of methoxy groups -OCH3 is 1. The Morgan fingerprint density at radius 1 is 1.19 bits per heavy atom. The SMILES string of the molecule is CCN(CC)Cc1ccccc1CNC(=O)c1cc(Cl)c(N)cc1OC. The predicted octanol–water partition coefficient (Wildman–Crippen LogP) is 3.70. The number of anilines is 1. The number of halogens is 1. The summed E-state index contributed by atoms with van der Waals surface area (Å²) in [7, 11) is 1.50. The van der Waals surface area contributed by atoms with Crippen LogP contribution in [0.1, 0.15) is 35.3 Å². The maximum absolute atomic E-state index is 12.6. The van der Waals surface area contributed by atoms with Crippen LogP contribution < -0.4 is 15.8 Å². The molecule has 2 aromatic carbocycles. The summed E-state index contributed by atoms with van der Waals surface area (Å²) in [6, 6.07) is 11.2. The summed E-state index contributed by atoms with van der Waals surface area (Å²) in [6.45, 7) is 7.55. The topological polar surface area (TPSA) is 67.6 Å². The molecule has 0 spiro atoms. The lowest BCUT2D eigenvalue weighted by atomic mass is 10.1. The molecule has 0 unspecified atom stereocenters. The number of hydrogen-bond acceptors (Lipinski definition) is 4. The van der Waals surface area contributed by atoms with Gasteiger partial charge in [0, 0.05) is 19.2 Å². The van der Waals surface area contributed by atoms with Gasteiger partial charge in [0.2, 0.25) is 0 Å². The van der Waals surface area contributed by atoms with Crippen molar-refractivity contribution in [1.29, 1.82) is 0 Å². The van der Waals surface area contributed by atoms with Gasteiger partial charge in [-0.2, -0.15) is 0 Å². The molecule has 3 N–H and O–H groups in total. The summed E-state index contributed by atoms with van der Waals surface area (Å²) < 4.78 is 5.25. The molecule has 26 heavy (non-hydrogen) atoms. The third kappa shape index (κ3) is 4.90. The van der Waals surface area contributed by atoms with Crippen molar-refractivity contribution in [2.75, 3.05) is 25.9 Å². The number of benzene rings is 2. The molecule has 0 aliphatic rings. The van der Waals surface area contributed by atoms with Crippen LogP contribution in [-0.2, 0) is 13.1 Å². The number of rotatable bonds is 8. The van der Waals surface area contributed by atoms with E-state index in [9.17, 15) is 4.79 Å². The van der Waals surface area contributed by atoms with Gasteiger partial charge in [-0.25, -0.2) is 0 Å². The number of hydrogen-bond donors (Lipinski definition) is 2. The zero-order valence-corrected chi connectivity index (χ0v) is 16.3. The number of amides is 1. The lowest BCUT2D eigenvalue weighted by Gasteiger charge is -2.20. The summed E-state index contributed by atoms with van der Waals surface area (Å²) in [5, 5.41) is 3.28. The maximum Gasteiger partial charge on any atom is 0.255 e. The monoisotopic (exact) mass is 375 g/mol. The van der Waals surface area contributed by atoms with Gasteiger partial charge in [-0.1, -0.05) is 49.7 Å². The number of carbonyl (C=O) groups is 1. The fourth-order valence-corrected chi connectivity index (χ4v) is 2.92. The van der Waals surface area contributed by atoms with Crippen LogP contribution in [0.5, 0.6) is 5.75 Å². The highest BCUT2D eigenvalue weighted by molar-refractivity contribution is 6.33. The van der Waals surface area contributed by atoms with E-state index < -0.39 is 0 Å². The molecule has 0 bridgehead atoms. The highest BCUT2D eigenvalue weighted by Crippen LogP contribution is 2.28. The fraction of sp³-hybridized carbons (Fsp3) is 0.350.